The van der Waals surface area contributed by atoms with Crippen LogP contribution in [0.3, 0.4) is 0 Å². The number of carboxylic acid groups (broad SMARTS) is 4. The number of aliphatic carboxylic acids is 4. The molecule has 0 rings (SSSR count). The minimum atomic E-state index is -1.07. The van der Waals surface area contributed by atoms with Crippen LogP contribution in [0.25, 0.3) is 0 Å². The van der Waals surface area contributed by atoms with Gasteiger partial charge in [-0.3, -0.25) is 19.2 Å². The fourth-order valence-corrected chi connectivity index (χ4v) is 5.23. The topological polar surface area (TPSA) is 253 Å². The third kappa shape index (κ3) is 17.2. The van der Waals surface area contributed by atoms with Gasteiger partial charge in [0.05, 0.1) is 0 Å². The molecule has 164 valence electrons. The van der Waals surface area contributed by atoms with Gasteiger partial charge in [-0.05, 0) is 0 Å². The minimum Gasteiger partial charge on any atom is -0.480 e. The van der Waals surface area contributed by atoms with E-state index in [9.17, 15) is 19.2 Å². The lowest BCUT2D eigenvalue weighted by Crippen LogP contribution is -2.33. The van der Waals surface area contributed by atoms with Crippen LogP contribution in [0.5, 0.6) is 0 Å². The second kappa shape index (κ2) is 17.0. The van der Waals surface area contributed by atoms with Crippen LogP contribution >= 0.6 is 43.2 Å². The van der Waals surface area contributed by atoms with E-state index >= 15 is 0 Å². The molecule has 0 heterocycles. The van der Waals surface area contributed by atoms with Gasteiger partial charge in [0.2, 0.25) is 0 Å². The summed E-state index contributed by atoms with van der Waals surface area (Å²) in [5.74, 6) is -3.36. The summed E-state index contributed by atoms with van der Waals surface area (Å²) in [7, 11) is 4.81. The lowest BCUT2D eigenvalue weighted by molar-refractivity contribution is -0.138. The Hall–Kier alpha value is -0.880. The van der Waals surface area contributed by atoms with Gasteiger partial charge in [0, 0.05) is 23.0 Å². The van der Waals surface area contributed by atoms with Crippen LogP contribution in [0.4, 0.5) is 0 Å². The number of hydrogen-bond acceptors (Lipinski definition) is 12. The fraction of sp³-hybridized carbons (Fsp3) is 0.667. The number of carboxylic acids is 4. The Labute approximate surface area is 176 Å². The monoisotopic (exact) mass is 480 g/mol. The Bertz CT molecular complexity index is 428. The van der Waals surface area contributed by atoms with E-state index in [0.717, 1.165) is 0 Å². The summed E-state index contributed by atoms with van der Waals surface area (Å²) in [6.45, 7) is 0. The molecule has 0 fully saturated rings. The molecule has 0 saturated heterocycles. The molecule has 0 aliphatic heterocycles. The fourth-order valence-electron chi connectivity index (χ4n) is 0.771. The lowest BCUT2D eigenvalue weighted by atomic mass is 10.4. The number of carbonyl (C=O) groups is 4. The summed E-state index contributed by atoms with van der Waals surface area (Å²) in [4.78, 5) is 41.1. The maximum absolute atomic E-state index is 10.3. The van der Waals surface area contributed by atoms with E-state index in [2.05, 4.69) is 0 Å². The van der Waals surface area contributed by atoms with E-state index in [1.165, 1.54) is 43.2 Å². The zero-order valence-electron chi connectivity index (χ0n) is 14.5. The SMILES string of the molecule is NC(CSSC[C@H](N)C(=O)O)C(=O)O.NC(CSSC[C@H](N)C(=O)O)C(=O)O. The standard InChI is InChI=1S/2C6H12N2O4S2/c2*7-3(5(9)10)1-13-14-2-4(8)6(11)12/h2*3-4H,1-2,7-8H2,(H,9,10)(H,11,12)/t2*3-,4?/m00/s1. The Morgan fingerprint density at radius 3 is 0.750 bits per heavy atom. The van der Waals surface area contributed by atoms with Gasteiger partial charge in [-0.15, -0.1) is 0 Å². The third-order valence-corrected chi connectivity index (χ3v) is 7.37. The molecule has 0 amide bonds. The summed E-state index contributed by atoms with van der Waals surface area (Å²) in [6, 6.07) is -3.69. The summed E-state index contributed by atoms with van der Waals surface area (Å²) in [6.07, 6.45) is 0. The second-order valence-electron chi connectivity index (χ2n) is 4.92. The molecular formula is C12H24N4O8S4. The molecule has 28 heavy (non-hydrogen) atoms. The van der Waals surface area contributed by atoms with Crippen molar-refractivity contribution in [2.75, 3.05) is 23.0 Å². The molecule has 12 nitrogen and oxygen atoms in total. The Morgan fingerprint density at radius 1 is 0.500 bits per heavy atom. The summed E-state index contributed by atoms with van der Waals surface area (Å²) >= 11 is 0. The number of rotatable bonds is 14. The van der Waals surface area contributed by atoms with Crippen molar-refractivity contribution in [2.24, 2.45) is 22.9 Å². The molecular weight excluding hydrogens is 456 g/mol. The van der Waals surface area contributed by atoms with Gasteiger partial charge >= 0.3 is 23.9 Å². The molecule has 0 bridgehead atoms. The first kappa shape index (κ1) is 29.3. The van der Waals surface area contributed by atoms with E-state index in [4.69, 9.17) is 43.4 Å². The summed E-state index contributed by atoms with van der Waals surface area (Å²) < 4.78 is 0. The van der Waals surface area contributed by atoms with Crippen LogP contribution in [-0.4, -0.2) is 91.5 Å². The average molecular weight is 481 g/mol. The van der Waals surface area contributed by atoms with E-state index < -0.39 is 48.0 Å². The molecule has 2 unspecified atom stereocenters. The molecule has 0 radical (unpaired) electrons. The first-order valence-corrected chi connectivity index (χ1v) is 12.3. The van der Waals surface area contributed by atoms with Crippen molar-refractivity contribution in [3.63, 3.8) is 0 Å². The number of hydrogen-bond donors (Lipinski definition) is 8. The first-order valence-electron chi connectivity index (χ1n) is 7.32. The van der Waals surface area contributed by atoms with Gasteiger partial charge in [0.15, 0.2) is 0 Å². The highest BCUT2D eigenvalue weighted by Crippen LogP contribution is 2.22. The van der Waals surface area contributed by atoms with E-state index in [1.807, 2.05) is 0 Å². The Balaban J connectivity index is 0. The summed E-state index contributed by atoms with van der Waals surface area (Å²) in [5, 5.41) is 33.6. The van der Waals surface area contributed by atoms with E-state index in [-0.39, 0.29) is 23.0 Å². The van der Waals surface area contributed by atoms with Crippen LogP contribution in [0.1, 0.15) is 0 Å². The molecule has 0 aliphatic rings. The Morgan fingerprint density at radius 2 is 0.643 bits per heavy atom. The predicted molar refractivity (Wildman–Crippen MR) is 112 cm³/mol. The van der Waals surface area contributed by atoms with Crippen LogP contribution < -0.4 is 22.9 Å². The highest BCUT2D eigenvalue weighted by molar-refractivity contribution is 8.77. The van der Waals surface area contributed by atoms with Gasteiger partial charge in [0.25, 0.3) is 0 Å². The quantitative estimate of drug-likeness (QED) is 0.103. The van der Waals surface area contributed by atoms with Crippen molar-refractivity contribution in [1.82, 2.24) is 0 Å². The van der Waals surface area contributed by atoms with Crippen molar-refractivity contribution in [2.45, 2.75) is 24.2 Å². The van der Waals surface area contributed by atoms with Gasteiger partial charge in [-0.2, -0.15) is 0 Å². The molecule has 0 aliphatic carbocycles. The predicted octanol–water partition coefficient (Wildman–Crippen LogP) is -1.62. The molecule has 4 atom stereocenters. The normalized spacial score (nSPS) is 14.7. The van der Waals surface area contributed by atoms with Crippen molar-refractivity contribution in [3.05, 3.63) is 0 Å². The van der Waals surface area contributed by atoms with Gasteiger partial charge in [-0.25, -0.2) is 0 Å². The average Bonchev–Trinajstić information content (AvgIpc) is 2.61. The molecule has 0 aromatic carbocycles. The molecule has 0 saturated carbocycles. The highest BCUT2D eigenvalue weighted by atomic mass is 33.1. The van der Waals surface area contributed by atoms with Gasteiger partial charge < -0.3 is 43.4 Å². The molecule has 0 aromatic heterocycles. The lowest BCUT2D eigenvalue weighted by Gasteiger charge is -2.07. The zero-order valence-corrected chi connectivity index (χ0v) is 17.8. The van der Waals surface area contributed by atoms with Crippen molar-refractivity contribution >= 4 is 67.1 Å². The van der Waals surface area contributed by atoms with Crippen LogP contribution in [0, 0.1) is 0 Å². The molecule has 0 aromatic rings. The summed E-state index contributed by atoms with van der Waals surface area (Å²) in [5.41, 5.74) is 20.8. The van der Waals surface area contributed by atoms with Crippen LogP contribution in [0.15, 0.2) is 0 Å². The van der Waals surface area contributed by atoms with Crippen molar-refractivity contribution in [3.8, 4) is 0 Å². The maximum atomic E-state index is 10.3. The van der Waals surface area contributed by atoms with Crippen molar-refractivity contribution < 1.29 is 39.6 Å². The van der Waals surface area contributed by atoms with Crippen LogP contribution in [0.2, 0.25) is 0 Å². The third-order valence-electron chi connectivity index (χ3n) is 2.43. The molecule has 12 N–H and O–H groups in total. The smallest absolute Gasteiger partial charge is 0.321 e. The highest BCUT2D eigenvalue weighted by Gasteiger charge is 2.15. The van der Waals surface area contributed by atoms with E-state index in [1.54, 1.807) is 0 Å². The first-order chi connectivity index (χ1) is 12.9. The minimum absolute atomic E-state index is 0.229. The zero-order chi connectivity index (χ0) is 22.3. The maximum Gasteiger partial charge on any atom is 0.321 e. The molecule has 16 heteroatoms. The van der Waals surface area contributed by atoms with Crippen LogP contribution in [-0.2, 0) is 19.2 Å². The molecule has 0 spiro atoms. The van der Waals surface area contributed by atoms with Gasteiger partial charge in [-0.1, -0.05) is 43.2 Å². The Kier molecular flexibility index (Phi) is 17.8. The van der Waals surface area contributed by atoms with E-state index in [0.29, 0.717) is 0 Å². The number of nitrogens with two attached hydrogens (primary N) is 4. The van der Waals surface area contributed by atoms with Gasteiger partial charge in [0.1, 0.15) is 24.2 Å². The second-order valence-corrected chi connectivity index (χ2v) is 10.0. The van der Waals surface area contributed by atoms with Crippen molar-refractivity contribution in [1.29, 1.82) is 0 Å². The largest absolute Gasteiger partial charge is 0.480 e.